The van der Waals surface area contributed by atoms with Crippen LogP contribution in [-0.2, 0) is 4.74 Å². The summed E-state index contributed by atoms with van der Waals surface area (Å²) >= 11 is 0. The number of likely N-dealkylation sites (tertiary alicyclic amines) is 1. The van der Waals surface area contributed by atoms with E-state index in [1.165, 1.54) is 0 Å². The molecule has 2 rings (SSSR count). The van der Waals surface area contributed by atoms with Gasteiger partial charge in [0.2, 0.25) is 0 Å². The van der Waals surface area contributed by atoms with Gasteiger partial charge < -0.3 is 20.5 Å². The van der Waals surface area contributed by atoms with Crippen molar-refractivity contribution in [3.63, 3.8) is 0 Å². The number of morpholine rings is 1. The van der Waals surface area contributed by atoms with E-state index in [2.05, 4.69) is 9.80 Å². The van der Waals surface area contributed by atoms with Gasteiger partial charge >= 0.3 is 0 Å². The van der Waals surface area contributed by atoms with Crippen molar-refractivity contribution in [3.05, 3.63) is 0 Å². The summed E-state index contributed by atoms with van der Waals surface area (Å²) in [5, 5.41) is 9.31. The van der Waals surface area contributed by atoms with Crippen LogP contribution in [0.2, 0.25) is 0 Å². The first-order valence-electron chi connectivity index (χ1n) is 6.64. The Morgan fingerprint density at radius 1 is 1.12 bits per heavy atom. The second-order valence-corrected chi connectivity index (χ2v) is 5.35. The zero-order valence-electron chi connectivity index (χ0n) is 10.6. The molecule has 2 aliphatic rings. The predicted octanol–water partition coefficient (Wildman–Crippen LogP) is -0.896. The normalized spacial score (nSPS) is 32.8. The summed E-state index contributed by atoms with van der Waals surface area (Å²) in [7, 11) is 0. The van der Waals surface area contributed by atoms with Gasteiger partial charge in [0.25, 0.3) is 0 Å². The van der Waals surface area contributed by atoms with Gasteiger partial charge in [0.1, 0.15) is 0 Å². The number of aliphatic hydroxyl groups is 1. The Labute approximate surface area is 104 Å². The number of nitrogens with two attached hydrogens (primary N) is 1. The third-order valence-electron chi connectivity index (χ3n) is 3.84. The second-order valence-electron chi connectivity index (χ2n) is 5.35. The topological polar surface area (TPSA) is 62.0 Å². The third-order valence-corrected chi connectivity index (χ3v) is 3.84. The molecule has 5 heteroatoms. The van der Waals surface area contributed by atoms with E-state index in [0.29, 0.717) is 0 Å². The highest BCUT2D eigenvalue weighted by atomic mass is 16.5. The monoisotopic (exact) mass is 243 g/mol. The molecule has 0 aromatic heterocycles. The minimum absolute atomic E-state index is 0.0983. The fourth-order valence-electron chi connectivity index (χ4n) is 2.69. The van der Waals surface area contributed by atoms with Crippen LogP contribution in [0, 0.1) is 0 Å². The van der Waals surface area contributed by atoms with E-state index < -0.39 is 0 Å². The van der Waals surface area contributed by atoms with Crippen LogP contribution in [0.3, 0.4) is 0 Å². The number of hydrogen-bond donors (Lipinski definition) is 2. The average Bonchev–Trinajstić information content (AvgIpc) is 2.38. The Bertz CT molecular complexity index is 234. The quantitative estimate of drug-likeness (QED) is 0.670. The summed E-state index contributed by atoms with van der Waals surface area (Å²) in [4.78, 5) is 4.82. The van der Waals surface area contributed by atoms with Crippen LogP contribution in [0.5, 0.6) is 0 Å². The summed E-state index contributed by atoms with van der Waals surface area (Å²) in [6.07, 6.45) is 2.04. The highest BCUT2D eigenvalue weighted by molar-refractivity contribution is 4.91. The van der Waals surface area contributed by atoms with E-state index in [-0.39, 0.29) is 12.1 Å². The maximum Gasteiger partial charge on any atom is 0.0623 e. The van der Waals surface area contributed by atoms with Crippen molar-refractivity contribution < 1.29 is 9.84 Å². The van der Waals surface area contributed by atoms with Crippen molar-refractivity contribution in [1.29, 1.82) is 0 Å². The van der Waals surface area contributed by atoms with E-state index in [4.69, 9.17) is 10.5 Å². The molecule has 0 aromatic rings. The van der Waals surface area contributed by atoms with Crippen LogP contribution in [0.4, 0.5) is 0 Å². The van der Waals surface area contributed by atoms with E-state index in [0.717, 1.165) is 65.3 Å². The Morgan fingerprint density at radius 3 is 2.53 bits per heavy atom. The molecule has 2 heterocycles. The van der Waals surface area contributed by atoms with Crippen molar-refractivity contribution >= 4 is 0 Å². The molecule has 0 saturated carbocycles. The predicted molar refractivity (Wildman–Crippen MR) is 66.9 cm³/mol. The fourth-order valence-corrected chi connectivity index (χ4v) is 2.69. The number of piperidine rings is 1. The minimum atomic E-state index is -0.372. The zero-order chi connectivity index (χ0) is 12.1. The maximum absolute atomic E-state index is 9.31. The first-order valence-corrected chi connectivity index (χ1v) is 6.64. The molecule has 0 spiro atoms. The van der Waals surface area contributed by atoms with Gasteiger partial charge in [-0.15, -0.1) is 0 Å². The number of nitrogens with zero attached hydrogens (tertiary/aromatic N) is 2. The molecule has 0 amide bonds. The summed E-state index contributed by atoms with van der Waals surface area (Å²) in [5.41, 5.74) is 5.76. The molecule has 0 radical (unpaired) electrons. The van der Waals surface area contributed by atoms with E-state index in [1.54, 1.807) is 0 Å². The molecule has 2 fully saturated rings. The van der Waals surface area contributed by atoms with Gasteiger partial charge in [0.05, 0.1) is 25.4 Å². The standard InChI is InChI=1S/C12H25N3O2/c13-12(11-16)2-1-3-15(10-12)5-4-14-6-8-17-9-7-14/h16H,1-11,13H2. The molecule has 3 N–H and O–H groups in total. The van der Waals surface area contributed by atoms with Crippen molar-refractivity contribution in [2.45, 2.75) is 18.4 Å². The third kappa shape index (κ3) is 3.89. The Balaban J connectivity index is 1.71. The van der Waals surface area contributed by atoms with Crippen molar-refractivity contribution in [2.24, 2.45) is 5.73 Å². The number of hydrogen-bond acceptors (Lipinski definition) is 5. The highest BCUT2D eigenvalue weighted by Crippen LogP contribution is 2.17. The average molecular weight is 243 g/mol. The van der Waals surface area contributed by atoms with Crippen molar-refractivity contribution in [2.75, 3.05) is 59.1 Å². The second kappa shape index (κ2) is 6.11. The first-order chi connectivity index (χ1) is 8.22. The molecular formula is C12H25N3O2. The lowest BCUT2D eigenvalue weighted by atomic mass is 9.91. The smallest absolute Gasteiger partial charge is 0.0623 e. The maximum atomic E-state index is 9.31. The Hall–Kier alpha value is -0.200. The highest BCUT2D eigenvalue weighted by Gasteiger charge is 2.30. The molecule has 17 heavy (non-hydrogen) atoms. The van der Waals surface area contributed by atoms with Crippen LogP contribution >= 0.6 is 0 Å². The van der Waals surface area contributed by atoms with Gasteiger partial charge in [-0.05, 0) is 19.4 Å². The lowest BCUT2D eigenvalue weighted by molar-refractivity contribution is 0.0273. The molecule has 1 atom stereocenters. The van der Waals surface area contributed by atoms with Crippen LogP contribution < -0.4 is 5.73 Å². The van der Waals surface area contributed by atoms with Crippen LogP contribution in [0.1, 0.15) is 12.8 Å². The number of ether oxygens (including phenoxy) is 1. The van der Waals surface area contributed by atoms with E-state index >= 15 is 0 Å². The largest absolute Gasteiger partial charge is 0.394 e. The van der Waals surface area contributed by atoms with E-state index in [9.17, 15) is 5.11 Å². The Kier molecular flexibility index (Phi) is 4.76. The number of rotatable bonds is 4. The molecule has 2 aliphatic heterocycles. The van der Waals surface area contributed by atoms with Gasteiger partial charge in [-0.1, -0.05) is 0 Å². The summed E-state index contributed by atoms with van der Waals surface area (Å²) in [6.45, 7) is 7.99. The summed E-state index contributed by atoms with van der Waals surface area (Å²) in [6, 6.07) is 0. The van der Waals surface area contributed by atoms with Gasteiger partial charge in [0.15, 0.2) is 0 Å². The SMILES string of the molecule is NC1(CO)CCCN(CCN2CCOCC2)C1. The minimum Gasteiger partial charge on any atom is -0.394 e. The van der Waals surface area contributed by atoms with Gasteiger partial charge in [0, 0.05) is 32.7 Å². The van der Waals surface area contributed by atoms with Gasteiger partial charge in [-0.25, -0.2) is 0 Å². The molecular weight excluding hydrogens is 218 g/mol. The number of aliphatic hydroxyl groups excluding tert-OH is 1. The van der Waals surface area contributed by atoms with Crippen molar-refractivity contribution in [1.82, 2.24) is 9.80 Å². The first kappa shape index (κ1) is 13.2. The molecule has 0 aromatic carbocycles. The molecule has 5 nitrogen and oxygen atoms in total. The lowest BCUT2D eigenvalue weighted by Crippen LogP contribution is -2.57. The molecule has 2 saturated heterocycles. The lowest BCUT2D eigenvalue weighted by Gasteiger charge is -2.40. The molecule has 100 valence electrons. The van der Waals surface area contributed by atoms with Gasteiger partial charge in [-0.3, -0.25) is 4.90 Å². The summed E-state index contributed by atoms with van der Waals surface area (Å²) in [5.74, 6) is 0. The van der Waals surface area contributed by atoms with Crippen LogP contribution in [-0.4, -0.2) is 79.5 Å². The van der Waals surface area contributed by atoms with Gasteiger partial charge in [-0.2, -0.15) is 0 Å². The Morgan fingerprint density at radius 2 is 1.82 bits per heavy atom. The molecule has 1 unspecified atom stereocenters. The van der Waals surface area contributed by atoms with E-state index in [1.807, 2.05) is 0 Å². The summed E-state index contributed by atoms with van der Waals surface area (Å²) < 4.78 is 5.33. The zero-order valence-corrected chi connectivity index (χ0v) is 10.6. The van der Waals surface area contributed by atoms with Crippen LogP contribution in [0.25, 0.3) is 0 Å². The fraction of sp³-hybridized carbons (Fsp3) is 1.00. The molecule has 0 aliphatic carbocycles. The van der Waals surface area contributed by atoms with Crippen molar-refractivity contribution in [3.8, 4) is 0 Å². The van der Waals surface area contributed by atoms with Crippen LogP contribution in [0.15, 0.2) is 0 Å². The molecule has 0 bridgehead atoms.